The van der Waals surface area contributed by atoms with Crippen molar-refractivity contribution in [3.05, 3.63) is 76.8 Å². The van der Waals surface area contributed by atoms with Crippen molar-refractivity contribution in [1.82, 2.24) is 0 Å². The van der Waals surface area contributed by atoms with E-state index in [0.717, 1.165) is 6.42 Å². The van der Waals surface area contributed by atoms with Crippen LogP contribution in [0.25, 0.3) is 0 Å². The molecule has 7 rings (SSSR count). The Kier molecular flexibility index (Phi) is 3.49. The van der Waals surface area contributed by atoms with E-state index in [1.165, 1.54) is 4.90 Å². The average molecular weight is 404 g/mol. The van der Waals surface area contributed by atoms with Crippen LogP contribution in [0.2, 0.25) is 5.02 Å². The number of ketones is 1. The molecule has 0 spiro atoms. The van der Waals surface area contributed by atoms with Crippen LogP contribution in [-0.2, 0) is 9.59 Å². The highest BCUT2D eigenvalue weighted by molar-refractivity contribution is 6.32. The second kappa shape index (κ2) is 5.90. The maximum Gasteiger partial charge on any atom is 0.238 e. The van der Waals surface area contributed by atoms with Gasteiger partial charge in [-0.15, -0.1) is 0 Å². The van der Waals surface area contributed by atoms with E-state index in [0.29, 0.717) is 28.1 Å². The Hall–Kier alpha value is -2.72. The summed E-state index contributed by atoms with van der Waals surface area (Å²) in [6.07, 6.45) is 5.41. The van der Waals surface area contributed by atoms with Gasteiger partial charge in [-0.1, -0.05) is 54.1 Å². The van der Waals surface area contributed by atoms with Crippen molar-refractivity contribution in [2.45, 2.75) is 6.42 Å². The van der Waals surface area contributed by atoms with Crippen molar-refractivity contribution in [2.24, 2.45) is 35.5 Å². The molecule has 3 fully saturated rings. The molecule has 0 radical (unpaired) electrons. The molecule has 5 heteroatoms. The lowest BCUT2D eigenvalue weighted by Crippen LogP contribution is -2.40. The van der Waals surface area contributed by atoms with Crippen molar-refractivity contribution < 1.29 is 14.4 Å². The van der Waals surface area contributed by atoms with Gasteiger partial charge >= 0.3 is 0 Å². The van der Waals surface area contributed by atoms with Gasteiger partial charge in [-0.3, -0.25) is 14.4 Å². The van der Waals surface area contributed by atoms with Crippen molar-refractivity contribution in [3.8, 4) is 0 Å². The summed E-state index contributed by atoms with van der Waals surface area (Å²) in [5, 5.41) is 0.396. The molecule has 6 atom stereocenters. The summed E-state index contributed by atoms with van der Waals surface area (Å²) in [7, 11) is 0. The largest absolute Gasteiger partial charge is 0.289 e. The van der Waals surface area contributed by atoms with Gasteiger partial charge < -0.3 is 0 Å². The monoisotopic (exact) mass is 403 g/mol. The molecule has 0 N–H and O–H groups in total. The molecular formula is C24H18ClNO3. The van der Waals surface area contributed by atoms with Gasteiger partial charge in [0.2, 0.25) is 11.8 Å². The van der Waals surface area contributed by atoms with Gasteiger partial charge in [-0.25, -0.2) is 4.90 Å². The molecule has 2 amide bonds. The highest BCUT2D eigenvalue weighted by Gasteiger charge is 2.67. The number of imide groups is 1. The van der Waals surface area contributed by atoms with Gasteiger partial charge in [0.05, 0.1) is 17.5 Å². The first-order valence-electron chi connectivity index (χ1n) is 10.0. The van der Waals surface area contributed by atoms with E-state index in [4.69, 9.17) is 11.6 Å². The second-order valence-electron chi connectivity index (χ2n) is 8.52. The number of carbonyl (C=O) groups excluding carboxylic acids is 3. The topological polar surface area (TPSA) is 54.5 Å². The molecule has 5 aliphatic rings. The van der Waals surface area contributed by atoms with Crippen LogP contribution in [0, 0.1) is 35.5 Å². The standard InChI is InChI=1S/C24H18ClNO3/c25-13-6-9-19(18(10-13)22(27)12-4-2-1-3-5-12)26-23(28)20-14-7-8-15(17-11-16(14)17)21(20)24(26)29/h1-10,14-17,20-21H,11H2/t14-,15+,16-,17-,20-,21+/m0/s1. The quantitative estimate of drug-likeness (QED) is 0.440. The van der Waals surface area contributed by atoms with Gasteiger partial charge in [0.15, 0.2) is 5.78 Å². The summed E-state index contributed by atoms with van der Waals surface area (Å²) in [4.78, 5) is 41.3. The Labute approximate surface area is 173 Å². The number of halogens is 1. The van der Waals surface area contributed by atoms with Crippen molar-refractivity contribution >= 4 is 34.9 Å². The molecule has 0 aromatic heterocycles. The van der Waals surface area contributed by atoms with Crippen LogP contribution < -0.4 is 4.90 Å². The molecule has 4 aliphatic carbocycles. The lowest BCUT2D eigenvalue weighted by Gasteiger charge is -2.37. The number of allylic oxidation sites excluding steroid dienone is 2. The molecule has 144 valence electrons. The average Bonchev–Trinajstić information content (AvgIpc) is 3.52. The summed E-state index contributed by atoms with van der Waals surface area (Å²) in [5.41, 5.74) is 1.13. The van der Waals surface area contributed by atoms with Crippen LogP contribution in [0.15, 0.2) is 60.7 Å². The zero-order valence-corrected chi connectivity index (χ0v) is 16.3. The molecular weight excluding hydrogens is 386 g/mol. The molecule has 2 saturated carbocycles. The van der Waals surface area contributed by atoms with Crippen LogP contribution in [0.3, 0.4) is 0 Å². The second-order valence-corrected chi connectivity index (χ2v) is 8.96. The SMILES string of the molecule is O=C(c1ccccc1)c1cc(Cl)ccc1N1C(=O)[C@@H]2[C@@H]3C=C[C@@H]([C@@H]4C[C@@H]34)[C@@H]2C1=O. The lowest BCUT2D eigenvalue weighted by molar-refractivity contribution is -0.124. The van der Waals surface area contributed by atoms with Crippen LogP contribution in [-0.4, -0.2) is 17.6 Å². The summed E-state index contributed by atoms with van der Waals surface area (Å²) in [5.74, 6) is 0.199. The lowest BCUT2D eigenvalue weighted by atomic mass is 9.63. The van der Waals surface area contributed by atoms with Gasteiger partial charge in [0.1, 0.15) is 0 Å². The van der Waals surface area contributed by atoms with Crippen molar-refractivity contribution in [1.29, 1.82) is 0 Å². The molecule has 1 saturated heterocycles. The van der Waals surface area contributed by atoms with E-state index in [9.17, 15) is 14.4 Å². The molecule has 0 unspecified atom stereocenters. The van der Waals surface area contributed by atoms with E-state index < -0.39 is 0 Å². The van der Waals surface area contributed by atoms with Crippen molar-refractivity contribution in [2.75, 3.05) is 4.90 Å². The van der Waals surface area contributed by atoms with E-state index in [1.807, 2.05) is 6.07 Å². The van der Waals surface area contributed by atoms with Crippen LogP contribution >= 0.6 is 11.6 Å². The number of nitrogens with zero attached hydrogens (tertiary/aromatic N) is 1. The molecule has 2 bridgehead atoms. The molecule has 4 nitrogen and oxygen atoms in total. The normalized spacial score (nSPS) is 33.6. The summed E-state index contributed by atoms with van der Waals surface area (Å²) >= 11 is 6.18. The number of carbonyl (C=O) groups is 3. The summed E-state index contributed by atoms with van der Waals surface area (Å²) < 4.78 is 0. The third-order valence-corrected chi connectivity index (χ3v) is 7.38. The smallest absolute Gasteiger partial charge is 0.238 e. The van der Waals surface area contributed by atoms with Crippen LogP contribution in [0.5, 0.6) is 0 Å². The maximum absolute atomic E-state index is 13.4. The van der Waals surface area contributed by atoms with Crippen LogP contribution in [0.1, 0.15) is 22.3 Å². The minimum atomic E-state index is -0.295. The number of amides is 2. The highest BCUT2D eigenvalue weighted by Crippen LogP contribution is 2.65. The predicted octanol–water partition coefficient (Wildman–Crippen LogP) is 4.13. The zero-order valence-electron chi connectivity index (χ0n) is 15.5. The predicted molar refractivity (Wildman–Crippen MR) is 109 cm³/mol. The number of hydrogen-bond donors (Lipinski definition) is 0. The molecule has 2 aromatic carbocycles. The Morgan fingerprint density at radius 3 is 2.14 bits per heavy atom. The third-order valence-electron chi connectivity index (χ3n) is 7.14. The first-order chi connectivity index (χ1) is 14.1. The number of hydrogen-bond acceptors (Lipinski definition) is 3. The fourth-order valence-corrected chi connectivity index (χ4v) is 6.00. The summed E-state index contributed by atoms with van der Waals surface area (Å²) in [6, 6.07) is 13.7. The molecule has 1 heterocycles. The minimum Gasteiger partial charge on any atom is -0.289 e. The van der Waals surface area contributed by atoms with E-state index in [-0.39, 0.29) is 46.8 Å². The van der Waals surface area contributed by atoms with Gasteiger partial charge in [-0.05, 0) is 48.3 Å². The molecule has 29 heavy (non-hydrogen) atoms. The van der Waals surface area contributed by atoms with Gasteiger partial charge in [-0.2, -0.15) is 0 Å². The molecule has 2 aromatic rings. The first-order valence-corrected chi connectivity index (χ1v) is 10.4. The Morgan fingerprint density at radius 1 is 0.897 bits per heavy atom. The Morgan fingerprint density at radius 2 is 1.52 bits per heavy atom. The fourth-order valence-electron chi connectivity index (χ4n) is 5.82. The third kappa shape index (κ3) is 2.29. The minimum absolute atomic E-state index is 0.150. The number of rotatable bonds is 3. The first kappa shape index (κ1) is 17.2. The van der Waals surface area contributed by atoms with E-state index >= 15 is 0 Å². The van der Waals surface area contributed by atoms with Gasteiger partial charge in [0, 0.05) is 16.1 Å². The highest BCUT2D eigenvalue weighted by atomic mass is 35.5. The van der Waals surface area contributed by atoms with E-state index in [1.54, 1.807) is 42.5 Å². The summed E-state index contributed by atoms with van der Waals surface area (Å²) in [6.45, 7) is 0. The Balaban J connectivity index is 1.45. The van der Waals surface area contributed by atoms with Gasteiger partial charge in [0.25, 0.3) is 0 Å². The maximum atomic E-state index is 13.4. The number of anilines is 1. The van der Waals surface area contributed by atoms with E-state index in [2.05, 4.69) is 12.2 Å². The van der Waals surface area contributed by atoms with Crippen LogP contribution in [0.4, 0.5) is 5.69 Å². The zero-order chi connectivity index (χ0) is 19.9. The fraction of sp³-hybridized carbons (Fsp3) is 0.292. The van der Waals surface area contributed by atoms with Crippen molar-refractivity contribution in [3.63, 3.8) is 0 Å². The number of benzene rings is 2. The Bertz CT molecular complexity index is 1070. The molecule has 1 aliphatic heterocycles.